The minimum Gasteiger partial charge on any atom is -0.497 e. The molecular formula is C19H17N3OS. The number of ether oxygens (including phenoxy) is 1. The quantitative estimate of drug-likeness (QED) is 0.608. The SMILES string of the molecule is COc1cccc(-c2nc3scc(-c4ccccc4)n3c2CN)c1. The number of methoxy groups -OCH3 is 1. The molecular weight excluding hydrogens is 318 g/mol. The van der Waals surface area contributed by atoms with Crippen molar-refractivity contribution in [3.63, 3.8) is 0 Å². The van der Waals surface area contributed by atoms with Crippen LogP contribution in [0, 0.1) is 0 Å². The van der Waals surface area contributed by atoms with Crippen molar-refractivity contribution in [2.75, 3.05) is 7.11 Å². The van der Waals surface area contributed by atoms with Crippen molar-refractivity contribution in [3.05, 3.63) is 65.7 Å². The lowest BCUT2D eigenvalue weighted by atomic mass is 10.1. The molecule has 0 atom stereocenters. The number of nitrogens with two attached hydrogens (primary N) is 1. The molecule has 0 radical (unpaired) electrons. The third-order valence-electron chi connectivity index (χ3n) is 4.06. The first-order chi connectivity index (χ1) is 11.8. The molecule has 0 spiro atoms. The number of benzene rings is 2. The third kappa shape index (κ3) is 2.38. The van der Waals surface area contributed by atoms with Gasteiger partial charge in [0.05, 0.1) is 24.2 Å². The van der Waals surface area contributed by atoms with E-state index in [9.17, 15) is 0 Å². The first-order valence-corrected chi connectivity index (χ1v) is 8.58. The Bertz CT molecular complexity index is 988. The summed E-state index contributed by atoms with van der Waals surface area (Å²) in [6.45, 7) is 0.421. The van der Waals surface area contributed by atoms with E-state index in [2.05, 4.69) is 21.9 Å². The van der Waals surface area contributed by atoms with E-state index in [-0.39, 0.29) is 0 Å². The van der Waals surface area contributed by atoms with E-state index in [0.717, 1.165) is 38.9 Å². The monoisotopic (exact) mass is 335 g/mol. The summed E-state index contributed by atoms with van der Waals surface area (Å²) in [7, 11) is 1.67. The summed E-state index contributed by atoms with van der Waals surface area (Å²) >= 11 is 1.63. The summed E-state index contributed by atoms with van der Waals surface area (Å²) in [5, 5.41) is 2.13. The molecule has 0 unspecified atom stereocenters. The lowest BCUT2D eigenvalue weighted by Gasteiger charge is -2.06. The summed E-state index contributed by atoms with van der Waals surface area (Å²) in [5.74, 6) is 0.815. The first-order valence-electron chi connectivity index (χ1n) is 7.70. The van der Waals surface area contributed by atoms with Gasteiger partial charge >= 0.3 is 0 Å². The number of rotatable bonds is 4. The second kappa shape index (κ2) is 6.11. The fourth-order valence-corrected chi connectivity index (χ4v) is 3.83. The maximum absolute atomic E-state index is 6.09. The van der Waals surface area contributed by atoms with E-state index in [1.54, 1.807) is 18.4 Å². The van der Waals surface area contributed by atoms with Gasteiger partial charge in [-0.25, -0.2) is 4.98 Å². The second-order valence-electron chi connectivity index (χ2n) is 5.45. The summed E-state index contributed by atoms with van der Waals surface area (Å²) in [6, 6.07) is 18.2. The molecule has 0 saturated carbocycles. The standard InChI is InChI=1S/C19H17N3OS/c1-23-15-9-5-8-14(10-15)18-16(11-20)22-17(12-24-19(22)21-18)13-6-3-2-4-7-13/h2-10,12H,11,20H2,1H3. The van der Waals surface area contributed by atoms with E-state index in [1.807, 2.05) is 42.5 Å². The molecule has 4 rings (SSSR count). The lowest BCUT2D eigenvalue weighted by Crippen LogP contribution is -2.03. The van der Waals surface area contributed by atoms with E-state index in [0.29, 0.717) is 6.54 Å². The van der Waals surface area contributed by atoms with Gasteiger partial charge in [0.2, 0.25) is 0 Å². The molecule has 0 aliphatic rings. The van der Waals surface area contributed by atoms with Crippen LogP contribution in [-0.2, 0) is 6.54 Å². The van der Waals surface area contributed by atoms with Gasteiger partial charge in [0.15, 0.2) is 4.96 Å². The molecule has 2 aromatic heterocycles. The zero-order valence-corrected chi connectivity index (χ0v) is 14.1. The second-order valence-corrected chi connectivity index (χ2v) is 6.28. The van der Waals surface area contributed by atoms with Crippen LogP contribution in [-0.4, -0.2) is 16.5 Å². The fraction of sp³-hybridized carbons (Fsp3) is 0.105. The van der Waals surface area contributed by atoms with Crippen molar-refractivity contribution >= 4 is 16.3 Å². The Balaban J connectivity index is 1.94. The van der Waals surface area contributed by atoms with Crippen molar-refractivity contribution in [2.45, 2.75) is 6.54 Å². The van der Waals surface area contributed by atoms with Crippen molar-refractivity contribution in [3.8, 4) is 28.3 Å². The number of nitrogens with zero attached hydrogens (tertiary/aromatic N) is 2. The number of hydrogen-bond acceptors (Lipinski definition) is 4. The molecule has 2 N–H and O–H groups in total. The van der Waals surface area contributed by atoms with Gasteiger partial charge in [-0.05, 0) is 17.7 Å². The van der Waals surface area contributed by atoms with Crippen LogP contribution in [0.1, 0.15) is 5.69 Å². The molecule has 0 aliphatic carbocycles. The highest BCUT2D eigenvalue weighted by molar-refractivity contribution is 7.15. The average Bonchev–Trinajstić information content (AvgIpc) is 3.21. The zero-order valence-electron chi connectivity index (χ0n) is 13.3. The minimum absolute atomic E-state index is 0.421. The first kappa shape index (κ1) is 14.9. The van der Waals surface area contributed by atoms with Crippen LogP contribution in [0.4, 0.5) is 0 Å². The predicted molar refractivity (Wildman–Crippen MR) is 98.4 cm³/mol. The van der Waals surface area contributed by atoms with Crippen LogP contribution in [0.25, 0.3) is 27.5 Å². The normalized spacial score (nSPS) is 11.1. The van der Waals surface area contributed by atoms with Crippen molar-refractivity contribution in [1.82, 2.24) is 9.38 Å². The number of hydrogen-bond donors (Lipinski definition) is 1. The van der Waals surface area contributed by atoms with Gasteiger partial charge in [0, 0.05) is 17.5 Å². The van der Waals surface area contributed by atoms with Crippen molar-refractivity contribution in [1.29, 1.82) is 0 Å². The third-order valence-corrected chi connectivity index (χ3v) is 4.89. The highest BCUT2D eigenvalue weighted by Gasteiger charge is 2.18. The van der Waals surface area contributed by atoms with E-state index < -0.39 is 0 Å². The summed E-state index contributed by atoms with van der Waals surface area (Å²) in [4.78, 5) is 5.77. The molecule has 2 aromatic carbocycles. The maximum atomic E-state index is 6.09. The molecule has 0 fully saturated rings. The zero-order chi connectivity index (χ0) is 16.5. The fourth-order valence-electron chi connectivity index (χ4n) is 2.92. The molecule has 120 valence electrons. The molecule has 4 nitrogen and oxygen atoms in total. The Kier molecular flexibility index (Phi) is 3.80. The summed E-state index contributed by atoms with van der Waals surface area (Å²) in [6.07, 6.45) is 0. The van der Waals surface area contributed by atoms with Gasteiger partial charge in [-0.3, -0.25) is 4.40 Å². The average molecular weight is 335 g/mol. The van der Waals surface area contributed by atoms with E-state index in [1.165, 1.54) is 0 Å². The number of fused-ring (bicyclic) bond motifs is 1. The molecule has 24 heavy (non-hydrogen) atoms. The van der Waals surface area contributed by atoms with E-state index >= 15 is 0 Å². The molecule has 0 aliphatic heterocycles. The molecule has 2 heterocycles. The molecule has 0 amide bonds. The minimum atomic E-state index is 0.421. The Morgan fingerprint density at radius 1 is 1.08 bits per heavy atom. The molecule has 4 aromatic rings. The summed E-state index contributed by atoms with van der Waals surface area (Å²) < 4.78 is 7.50. The highest BCUT2D eigenvalue weighted by Crippen LogP contribution is 2.33. The Morgan fingerprint density at radius 2 is 1.88 bits per heavy atom. The van der Waals surface area contributed by atoms with Crippen LogP contribution in [0.2, 0.25) is 0 Å². The largest absolute Gasteiger partial charge is 0.497 e. The van der Waals surface area contributed by atoms with Crippen LogP contribution >= 0.6 is 11.3 Å². The smallest absolute Gasteiger partial charge is 0.195 e. The van der Waals surface area contributed by atoms with Gasteiger partial charge in [0.1, 0.15) is 5.75 Å². The van der Waals surface area contributed by atoms with E-state index in [4.69, 9.17) is 15.5 Å². The lowest BCUT2D eigenvalue weighted by molar-refractivity contribution is 0.415. The highest BCUT2D eigenvalue weighted by atomic mass is 32.1. The van der Waals surface area contributed by atoms with Gasteiger partial charge in [-0.15, -0.1) is 11.3 Å². The van der Waals surface area contributed by atoms with Gasteiger partial charge < -0.3 is 10.5 Å². The van der Waals surface area contributed by atoms with Crippen LogP contribution in [0.3, 0.4) is 0 Å². The summed E-state index contributed by atoms with van der Waals surface area (Å²) in [5.41, 5.74) is 11.3. The van der Waals surface area contributed by atoms with Gasteiger partial charge in [0.25, 0.3) is 0 Å². The Labute approximate surface area is 144 Å². The van der Waals surface area contributed by atoms with Gasteiger partial charge in [-0.2, -0.15) is 0 Å². The van der Waals surface area contributed by atoms with Crippen molar-refractivity contribution in [2.24, 2.45) is 5.73 Å². The van der Waals surface area contributed by atoms with Crippen LogP contribution in [0.5, 0.6) is 5.75 Å². The Hall–Kier alpha value is -2.63. The molecule has 0 saturated heterocycles. The molecule has 0 bridgehead atoms. The Morgan fingerprint density at radius 3 is 2.62 bits per heavy atom. The van der Waals surface area contributed by atoms with Gasteiger partial charge in [-0.1, -0.05) is 42.5 Å². The van der Waals surface area contributed by atoms with Crippen molar-refractivity contribution < 1.29 is 4.74 Å². The van der Waals surface area contributed by atoms with Crippen LogP contribution < -0.4 is 10.5 Å². The number of imidazole rings is 1. The predicted octanol–water partition coefficient (Wildman–Crippen LogP) is 4.20. The molecule has 5 heteroatoms. The van der Waals surface area contributed by atoms with Crippen LogP contribution in [0.15, 0.2) is 60.0 Å². The number of aromatic nitrogens is 2. The number of thiazole rings is 1. The maximum Gasteiger partial charge on any atom is 0.195 e. The topological polar surface area (TPSA) is 52.5 Å².